The van der Waals surface area contributed by atoms with Crippen LogP contribution in [0, 0.1) is 0 Å². The van der Waals surface area contributed by atoms with E-state index < -0.39 is 5.91 Å². The first-order valence-corrected chi connectivity index (χ1v) is 4.11. The Bertz CT molecular complexity index is 266. The van der Waals surface area contributed by atoms with Crippen LogP contribution in [-0.4, -0.2) is 12.0 Å². The predicted molar refractivity (Wildman–Crippen MR) is 45.0 cm³/mol. The third kappa shape index (κ3) is 1.26. The van der Waals surface area contributed by atoms with Crippen LogP contribution in [0.3, 0.4) is 0 Å². The second kappa shape index (κ2) is 2.34. The molecule has 1 aliphatic carbocycles. The number of hydrogen-bond donors (Lipinski definition) is 1. The number of allylic oxidation sites excluding steroid dienone is 2. The lowest BCUT2D eigenvalue weighted by Crippen LogP contribution is -2.37. The minimum Gasteiger partial charge on any atom is -0.451 e. The maximum absolute atomic E-state index is 5.67. The van der Waals surface area contributed by atoms with E-state index in [1.54, 1.807) is 6.92 Å². The lowest BCUT2D eigenvalue weighted by atomic mass is 10.1. The summed E-state index contributed by atoms with van der Waals surface area (Å²) in [5, 5.41) is 0. The van der Waals surface area contributed by atoms with Gasteiger partial charge in [0.05, 0.1) is 0 Å². The van der Waals surface area contributed by atoms with Crippen LogP contribution < -0.4 is 5.73 Å². The molecular weight excluding hydrogens is 154 g/mol. The number of hydrogen-bond acceptors (Lipinski definition) is 3. The van der Waals surface area contributed by atoms with Gasteiger partial charge in [0.2, 0.25) is 0 Å². The number of nitrogens with two attached hydrogens (primary N) is 1. The van der Waals surface area contributed by atoms with Crippen molar-refractivity contribution in [3.8, 4) is 0 Å². The Morgan fingerprint density at radius 1 is 1.67 bits per heavy atom. The van der Waals surface area contributed by atoms with Crippen LogP contribution in [0.5, 0.6) is 0 Å². The van der Waals surface area contributed by atoms with E-state index in [2.05, 4.69) is 6.08 Å². The molecule has 2 aliphatic rings. The van der Waals surface area contributed by atoms with Gasteiger partial charge in [-0.25, -0.2) is 0 Å². The molecule has 0 aromatic carbocycles. The second-order valence-corrected chi connectivity index (χ2v) is 3.46. The van der Waals surface area contributed by atoms with Crippen molar-refractivity contribution in [1.29, 1.82) is 0 Å². The summed E-state index contributed by atoms with van der Waals surface area (Å²) < 4.78 is 10.8. The van der Waals surface area contributed by atoms with E-state index in [-0.39, 0.29) is 6.10 Å². The molecule has 3 heteroatoms. The maximum Gasteiger partial charge on any atom is 0.265 e. The zero-order valence-electron chi connectivity index (χ0n) is 7.33. The molecule has 2 unspecified atom stereocenters. The Labute approximate surface area is 71.8 Å². The van der Waals surface area contributed by atoms with E-state index in [4.69, 9.17) is 15.2 Å². The molecule has 3 nitrogen and oxygen atoms in total. The van der Waals surface area contributed by atoms with Gasteiger partial charge in [-0.15, -0.1) is 0 Å². The largest absolute Gasteiger partial charge is 0.451 e. The van der Waals surface area contributed by atoms with Gasteiger partial charge >= 0.3 is 0 Å². The van der Waals surface area contributed by atoms with E-state index in [0.717, 1.165) is 12.2 Å². The normalized spacial score (nSPS) is 39.8. The summed E-state index contributed by atoms with van der Waals surface area (Å²) in [5.41, 5.74) is 6.89. The highest BCUT2D eigenvalue weighted by Crippen LogP contribution is 2.33. The summed E-state index contributed by atoms with van der Waals surface area (Å²) >= 11 is 0. The van der Waals surface area contributed by atoms with Gasteiger partial charge in [0.15, 0.2) is 0 Å². The van der Waals surface area contributed by atoms with Gasteiger partial charge in [-0.05, 0) is 19.4 Å². The van der Waals surface area contributed by atoms with Gasteiger partial charge < -0.3 is 9.47 Å². The van der Waals surface area contributed by atoms with Crippen LogP contribution in [0.4, 0.5) is 0 Å². The molecule has 0 spiro atoms. The third-order valence-electron chi connectivity index (χ3n) is 2.04. The molecule has 2 atom stereocenters. The molecule has 0 bridgehead atoms. The summed E-state index contributed by atoms with van der Waals surface area (Å²) in [7, 11) is 0. The molecule has 2 rings (SSSR count). The quantitative estimate of drug-likeness (QED) is 0.591. The van der Waals surface area contributed by atoms with Gasteiger partial charge in [-0.3, -0.25) is 5.73 Å². The third-order valence-corrected chi connectivity index (χ3v) is 2.04. The number of ether oxygens (including phenoxy) is 2. The summed E-state index contributed by atoms with van der Waals surface area (Å²) in [6.45, 7) is 3.76. The Hall–Kier alpha value is -0.800. The van der Waals surface area contributed by atoms with Gasteiger partial charge in [0.25, 0.3) is 5.91 Å². The first-order valence-electron chi connectivity index (χ1n) is 4.11. The van der Waals surface area contributed by atoms with Crippen molar-refractivity contribution < 1.29 is 9.47 Å². The first kappa shape index (κ1) is 7.83. The molecule has 12 heavy (non-hydrogen) atoms. The summed E-state index contributed by atoms with van der Waals surface area (Å²) in [5.74, 6) is -0.0744. The molecule has 66 valence electrons. The second-order valence-electron chi connectivity index (χ2n) is 3.46. The average Bonchev–Trinajstić information content (AvgIpc) is 2.21. The molecule has 1 fully saturated rings. The zero-order valence-corrected chi connectivity index (χ0v) is 7.33. The van der Waals surface area contributed by atoms with Crippen LogP contribution >= 0.6 is 0 Å². The molecule has 2 N–H and O–H groups in total. The van der Waals surface area contributed by atoms with Crippen molar-refractivity contribution in [1.82, 2.24) is 0 Å². The standard InChI is InChI=1S/C9H13NO2/c1-6-3-4-7-8(5-6)12-9(2,10)11-7/h3,5,7H,4,10H2,1-2H3. The Morgan fingerprint density at radius 3 is 3.17 bits per heavy atom. The highest BCUT2D eigenvalue weighted by Gasteiger charge is 2.38. The lowest BCUT2D eigenvalue weighted by Gasteiger charge is -2.15. The van der Waals surface area contributed by atoms with E-state index in [0.29, 0.717) is 0 Å². The molecule has 1 heterocycles. The van der Waals surface area contributed by atoms with Crippen molar-refractivity contribution >= 4 is 0 Å². The molecule has 1 aliphatic heterocycles. The van der Waals surface area contributed by atoms with Crippen LogP contribution in [-0.2, 0) is 9.47 Å². The summed E-state index contributed by atoms with van der Waals surface area (Å²) in [4.78, 5) is 0. The Balaban J connectivity index is 2.23. The summed E-state index contributed by atoms with van der Waals surface area (Å²) in [6, 6.07) is 0. The molecular formula is C9H13NO2. The van der Waals surface area contributed by atoms with Crippen LogP contribution in [0.25, 0.3) is 0 Å². The fourth-order valence-corrected chi connectivity index (χ4v) is 1.53. The topological polar surface area (TPSA) is 44.5 Å². The number of rotatable bonds is 0. The average molecular weight is 167 g/mol. The highest BCUT2D eigenvalue weighted by molar-refractivity contribution is 5.27. The minimum absolute atomic E-state index is 0.0312. The Morgan fingerprint density at radius 2 is 2.42 bits per heavy atom. The van der Waals surface area contributed by atoms with Gasteiger partial charge in [-0.1, -0.05) is 11.6 Å². The Kier molecular flexibility index (Phi) is 1.53. The molecule has 0 amide bonds. The smallest absolute Gasteiger partial charge is 0.265 e. The SMILES string of the molecule is CC1=CCC2OC(C)(N)OC2=C1. The van der Waals surface area contributed by atoms with Crippen molar-refractivity contribution in [2.24, 2.45) is 5.73 Å². The van der Waals surface area contributed by atoms with Crippen molar-refractivity contribution in [3.05, 3.63) is 23.5 Å². The molecule has 1 saturated heterocycles. The molecule has 0 saturated carbocycles. The van der Waals surface area contributed by atoms with Crippen molar-refractivity contribution in [2.75, 3.05) is 0 Å². The monoisotopic (exact) mass is 167 g/mol. The molecule has 0 aromatic heterocycles. The van der Waals surface area contributed by atoms with Crippen LogP contribution in [0.15, 0.2) is 23.5 Å². The lowest BCUT2D eigenvalue weighted by molar-refractivity contribution is -0.142. The van der Waals surface area contributed by atoms with Crippen molar-refractivity contribution in [3.63, 3.8) is 0 Å². The van der Waals surface area contributed by atoms with Gasteiger partial charge in [0.1, 0.15) is 11.9 Å². The maximum atomic E-state index is 5.67. The van der Waals surface area contributed by atoms with Crippen molar-refractivity contribution in [2.45, 2.75) is 32.3 Å². The zero-order chi connectivity index (χ0) is 8.77. The van der Waals surface area contributed by atoms with E-state index >= 15 is 0 Å². The first-order chi connectivity index (χ1) is 5.57. The van der Waals surface area contributed by atoms with Crippen LogP contribution in [0.1, 0.15) is 20.3 Å². The van der Waals surface area contributed by atoms with E-state index in [1.807, 2.05) is 13.0 Å². The van der Waals surface area contributed by atoms with Gasteiger partial charge in [-0.2, -0.15) is 0 Å². The van der Waals surface area contributed by atoms with Gasteiger partial charge in [0, 0.05) is 6.92 Å². The van der Waals surface area contributed by atoms with Crippen LogP contribution in [0.2, 0.25) is 0 Å². The molecule has 0 radical (unpaired) electrons. The van der Waals surface area contributed by atoms with E-state index in [9.17, 15) is 0 Å². The molecule has 0 aromatic rings. The number of fused-ring (bicyclic) bond motifs is 1. The summed E-state index contributed by atoms with van der Waals surface area (Å²) in [6.07, 6.45) is 5.00. The van der Waals surface area contributed by atoms with E-state index in [1.165, 1.54) is 5.57 Å². The predicted octanol–water partition coefficient (Wildman–Crippen LogP) is 1.27. The minimum atomic E-state index is -0.936. The highest BCUT2D eigenvalue weighted by atomic mass is 16.8. The fraction of sp³-hybridized carbons (Fsp3) is 0.556. The fourth-order valence-electron chi connectivity index (χ4n) is 1.53.